The van der Waals surface area contributed by atoms with Crippen molar-refractivity contribution in [1.29, 1.82) is 0 Å². The Morgan fingerprint density at radius 3 is 3.00 bits per heavy atom. The number of carbonyl (C=O) groups is 1. The maximum absolute atomic E-state index is 12.1. The minimum absolute atomic E-state index is 0.0145. The van der Waals surface area contributed by atoms with Crippen LogP contribution in [0.3, 0.4) is 0 Å². The van der Waals surface area contributed by atoms with Gasteiger partial charge < -0.3 is 4.74 Å². The molecule has 0 bridgehead atoms. The molecule has 2 atom stereocenters. The van der Waals surface area contributed by atoms with Crippen molar-refractivity contribution in [2.45, 2.75) is 39.2 Å². The number of aromatic nitrogens is 3. The normalized spacial score (nSPS) is 23.9. The summed E-state index contributed by atoms with van der Waals surface area (Å²) >= 11 is 0. The van der Waals surface area contributed by atoms with Gasteiger partial charge in [-0.25, -0.2) is 4.68 Å². The Morgan fingerprint density at radius 2 is 2.39 bits per heavy atom. The highest BCUT2D eigenvalue weighted by Gasteiger charge is 2.27. The van der Waals surface area contributed by atoms with Crippen molar-refractivity contribution >= 4 is 11.9 Å². The van der Waals surface area contributed by atoms with Crippen LogP contribution in [0.5, 0.6) is 0 Å². The number of anilines is 1. The van der Waals surface area contributed by atoms with Crippen molar-refractivity contribution in [3.63, 3.8) is 0 Å². The summed E-state index contributed by atoms with van der Waals surface area (Å²) < 4.78 is 7.16. The summed E-state index contributed by atoms with van der Waals surface area (Å²) in [5, 5.41) is 6.95. The summed E-state index contributed by atoms with van der Waals surface area (Å²) in [6, 6.07) is 0. The van der Waals surface area contributed by atoms with Gasteiger partial charge in [0.15, 0.2) is 0 Å². The van der Waals surface area contributed by atoms with Gasteiger partial charge in [0.1, 0.15) is 5.82 Å². The lowest BCUT2D eigenvalue weighted by Crippen LogP contribution is -2.33. The van der Waals surface area contributed by atoms with Crippen LogP contribution in [0.1, 0.15) is 32.0 Å². The third-order valence-corrected chi connectivity index (χ3v) is 3.30. The smallest absolute Gasteiger partial charge is 0.230 e. The fourth-order valence-corrected chi connectivity index (χ4v) is 2.24. The predicted molar refractivity (Wildman–Crippen MR) is 67.1 cm³/mol. The second-order valence-corrected chi connectivity index (χ2v) is 4.72. The van der Waals surface area contributed by atoms with E-state index in [9.17, 15) is 4.79 Å². The molecule has 0 aromatic carbocycles. The second kappa shape index (κ2) is 5.48. The van der Waals surface area contributed by atoms with Crippen LogP contribution in [0, 0.1) is 12.8 Å². The first-order valence-electron chi connectivity index (χ1n) is 6.40. The van der Waals surface area contributed by atoms with Gasteiger partial charge in [-0.2, -0.15) is 10.1 Å². The van der Waals surface area contributed by atoms with E-state index in [1.54, 1.807) is 18.7 Å². The number of aryl methyl sites for hydroxylation is 2. The van der Waals surface area contributed by atoms with E-state index in [0.29, 0.717) is 18.4 Å². The molecule has 100 valence electrons. The third kappa shape index (κ3) is 2.87. The van der Waals surface area contributed by atoms with Gasteiger partial charge in [0.2, 0.25) is 11.9 Å². The van der Waals surface area contributed by atoms with Gasteiger partial charge >= 0.3 is 0 Å². The fraction of sp³-hybridized carbons (Fsp3) is 0.750. The average molecular weight is 252 g/mol. The van der Waals surface area contributed by atoms with Crippen LogP contribution in [0.4, 0.5) is 5.95 Å². The Morgan fingerprint density at radius 1 is 1.61 bits per heavy atom. The lowest BCUT2D eigenvalue weighted by molar-refractivity contribution is -0.124. The molecule has 1 aliphatic heterocycles. The van der Waals surface area contributed by atoms with Gasteiger partial charge in [-0.1, -0.05) is 6.92 Å². The standard InChI is InChI=1S/C12H20N4O2/c1-4-10-7-9(5-6-18-10)11(17)14-12-13-8(2)15-16(12)3/h9-10H,4-7H2,1-3H3,(H,13,14,15,17). The van der Waals surface area contributed by atoms with Gasteiger partial charge in [-0.05, 0) is 26.2 Å². The molecular weight excluding hydrogens is 232 g/mol. The molecule has 0 radical (unpaired) electrons. The minimum Gasteiger partial charge on any atom is -0.378 e. The molecule has 2 rings (SSSR count). The van der Waals surface area contributed by atoms with E-state index in [1.807, 2.05) is 0 Å². The molecule has 0 spiro atoms. The van der Waals surface area contributed by atoms with Crippen molar-refractivity contribution in [3.8, 4) is 0 Å². The van der Waals surface area contributed by atoms with Crippen LogP contribution in [-0.2, 0) is 16.6 Å². The van der Waals surface area contributed by atoms with E-state index < -0.39 is 0 Å². The van der Waals surface area contributed by atoms with Crippen LogP contribution >= 0.6 is 0 Å². The van der Waals surface area contributed by atoms with Crippen LogP contribution in [0.15, 0.2) is 0 Å². The van der Waals surface area contributed by atoms with Gasteiger partial charge in [-0.15, -0.1) is 0 Å². The van der Waals surface area contributed by atoms with Gasteiger partial charge in [-0.3, -0.25) is 10.1 Å². The molecule has 1 amide bonds. The largest absolute Gasteiger partial charge is 0.378 e. The molecule has 2 heterocycles. The highest BCUT2D eigenvalue weighted by atomic mass is 16.5. The molecule has 1 fully saturated rings. The van der Waals surface area contributed by atoms with Crippen molar-refractivity contribution < 1.29 is 9.53 Å². The summed E-state index contributed by atoms with van der Waals surface area (Å²) in [6.07, 6.45) is 2.72. The van der Waals surface area contributed by atoms with E-state index in [4.69, 9.17) is 4.74 Å². The molecule has 6 nitrogen and oxygen atoms in total. The molecule has 1 aromatic heterocycles. The van der Waals surface area contributed by atoms with Crippen LogP contribution < -0.4 is 5.32 Å². The van der Waals surface area contributed by atoms with Gasteiger partial charge in [0, 0.05) is 19.6 Å². The number of amides is 1. The molecule has 0 aliphatic carbocycles. The van der Waals surface area contributed by atoms with Crippen LogP contribution in [0.2, 0.25) is 0 Å². The number of carbonyl (C=O) groups excluding carboxylic acids is 1. The average Bonchev–Trinajstić information content (AvgIpc) is 2.68. The fourth-order valence-electron chi connectivity index (χ4n) is 2.24. The van der Waals surface area contributed by atoms with E-state index >= 15 is 0 Å². The Bertz CT molecular complexity index is 430. The number of rotatable bonds is 3. The van der Waals surface area contributed by atoms with E-state index in [1.165, 1.54) is 0 Å². The van der Waals surface area contributed by atoms with Crippen molar-refractivity contribution in [2.75, 3.05) is 11.9 Å². The Balaban J connectivity index is 1.97. The number of ether oxygens (including phenoxy) is 1. The number of hydrogen-bond donors (Lipinski definition) is 1. The number of nitrogens with zero attached hydrogens (tertiary/aromatic N) is 3. The summed E-state index contributed by atoms with van der Waals surface area (Å²) in [5.41, 5.74) is 0. The molecule has 18 heavy (non-hydrogen) atoms. The Kier molecular flexibility index (Phi) is 3.96. The molecule has 1 aromatic rings. The zero-order valence-electron chi connectivity index (χ0n) is 11.1. The van der Waals surface area contributed by atoms with Crippen LogP contribution in [0.25, 0.3) is 0 Å². The highest BCUT2D eigenvalue weighted by Crippen LogP contribution is 2.23. The summed E-state index contributed by atoms with van der Waals surface area (Å²) in [4.78, 5) is 16.3. The number of nitrogens with one attached hydrogen (secondary N) is 1. The van der Waals surface area contributed by atoms with E-state index in [2.05, 4.69) is 22.3 Å². The molecule has 1 aliphatic rings. The summed E-state index contributed by atoms with van der Waals surface area (Å²) in [7, 11) is 1.77. The van der Waals surface area contributed by atoms with Crippen LogP contribution in [-0.4, -0.2) is 33.4 Å². The quantitative estimate of drug-likeness (QED) is 0.879. The van der Waals surface area contributed by atoms with Crippen molar-refractivity contribution in [2.24, 2.45) is 13.0 Å². The first kappa shape index (κ1) is 13.0. The monoisotopic (exact) mass is 252 g/mol. The predicted octanol–water partition coefficient (Wildman–Crippen LogP) is 1.27. The third-order valence-electron chi connectivity index (χ3n) is 3.30. The topological polar surface area (TPSA) is 69.0 Å². The van der Waals surface area contributed by atoms with E-state index in [-0.39, 0.29) is 17.9 Å². The summed E-state index contributed by atoms with van der Waals surface area (Å²) in [6.45, 7) is 4.54. The van der Waals surface area contributed by atoms with Gasteiger partial charge in [0.05, 0.1) is 6.10 Å². The Labute approximate surface area is 107 Å². The molecular formula is C12H20N4O2. The zero-order valence-corrected chi connectivity index (χ0v) is 11.1. The second-order valence-electron chi connectivity index (χ2n) is 4.72. The van der Waals surface area contributed by atoms with Gasteiger partial charge in [0.25, 0.3) is 0 Å². The van der Waals surface area contributed by atoms with Crippen molar-refractivity contribution in [1.82, 2.24) is 14.8 Å². The molecule has 2 unspecified atom stereocenters. The lowest BCUT2D eigenvalue weighted by Gasteiger charge is -2.27. The molecule has 1 saturated heterocycles. The molecule has 1 N–H and O–H groups in total. The first-order valence-corrected chi connectivity index (χ1v) is 6.40. The highest BCUT2D eigenvalue weighted by molar-refractivity contribution is 5.91. The number of hydrogen-bond acceptors (Lipinski definition) is 4. The summed E-state index contributed by atoms with van der Waals surface area (Å²) in [5.74, 6) is 1.20. The van der Waals surface area contributed by atoms with E-state index in [0.717, 1.165) is 19.3 Å². The zero-order chi connectivity index (χ0) is 13.1. The van der Waals surface area contributed by atoms with Crippen molar-refractivity contribution in [3.05, 3.63) is 5.82 Å². The maximum atomic E-state index is 12.1. The maximum Gasteiger partial charge on any atom is 0.230 e. The SMILES string of the molecule is CCC1CC(C(=O)Nc2nc(C)nn2C)CCO1. The Hall–Kier alpha value is -1.43. The first-order chi connectivity index (χ1) is 8.60. The minimum atomic E-state index is 0.0145. The molecule has 0 saturated carbocycles. The lowest BCUT2D eigenvalue weighted by atomic mass is 9.93. The molecule has 6 heteroatoms.